The summed E-state index contributed by atoms with van der Waals surface area (Å²) in [5, 5.41) is 3.38. The van der Waals surface area contributed by atoms with Gasteiger partial charge in [0.25, 0.3) is 0 Å². The van der Waals surface area contributed by atoms with Gasteiger partial charge in [0.15, 0.2) is 0 Å². The zero-order valence-electron chi connectivity index (χ0n) is 11.4. The Morgan fingerprint density at radius 1 is 1.44 bits per heavy atom. The molecule has 1 rings (SSSR count). The molecule has 2 nitrogen and oxygen atoms in total. The third-order valence-corrected chi connectivity index (χ3v) is 3.69. The number of hydrogen-bond acceptors (Lipinski definition) is 2. The molecule has 0 amide bonds. The van der Waals surface area contributed by atoms with Crippen molar-refractivity contribution in [3.05, 3.63) is 34.6 Å². The van der Waals surface area contributed by atoms with Gasteiger partial charge in [0.2, 0.25) is 0 Å². The standard InChI is InChI=1S/C14H21ClFNO/c1-14(2,18-4)9-8-12(17-3)10-6-5-7-11(16)13(10)15/h5-7,12,17H,8-9H2,1-4H3. The van der Waals surface area contributed by atoms with Gasteiger partial charge >= 0.3 is 0 Å². The van der Waals surface area contributed by atoms with Crippen molar-refractivity contribution < 1.29 is 9.13 Å². The average Bonchev–Trinajstić information content (AvgIpc) is 2.35. The summed E-state index contributed by atoms with van der Waals surface area (Å²) in [7, 11) is 3.55. The molecule has 1 aromatic rings. The third-order valence-electron chi connectivity index (χ3n) is 3.29. The van der Waals surface area contributed by atoms with Crippen molar-refractivity contribution in [2.45, 2.75) is 38.3 Å². The number of benzene rings is 1. The van der Waals surface area contributed by atoms with Crippen molar-refractivity contribution in [2.24, 2.45) is 0 Å². The Labute approximate surface area is 113 Å². The van der Waals surface area contributed by atoms with Crippen LogP contribution in [0.1, 0.15) is 38.3 Å². The van der Waals surface area contributed by atoms with Gasteiger partial charge in [-0.05, 0) is 45.4 Å². The van der Waals surface area contributed by atoms with Gasteiger partial charge in [0.05, 0.1) is 10.6 Å². The molecule has 0 saturated heterocycles. The Kier molecular flexibility index (Phi) is 5.57. The van der Waals surface area contributed by atoms with Crippen molar-refractivity contribution in [3.8, 4) is 0 Å². The van der Waals surface area contributed by atoms with E-state index in [0.717, 1.165) is 18.4 Å². The lowest BCUT2D eigenvalue weighted by Gasteiger charge is -2.26. The van der Waals surface area contributed by atoms with E-state index in [1.807, 2.05) is 27.0 Å². The van der Waals surface area contributed by atoms with Crippen molar-refractivity contribution in [1.29, 1.82) is 0 Å². The largest absolute Gasteiger partial charge is 0.379 e. The van der Waals surface area contributed by atoms with Crippen LogP contribution < -0.4 is 5.32 Å². The summed E-state index contributed by atoms with van der Waals surface area (Å²) in [6, 6.07) is 4.94. The summed E-state index contributed by atoms with van der Waals surface area (Å²) < 4.78 is 18.8. The Morgan fingerprint density at radius 3 is 2.67 bits per heavy atom. The molecule has 18 heavy (non-hydrogen) atoms. The van der Waals surface area contributed by atoms with Gasteiger partial charge in [-0.3, -0.25) is 0 Å². The second-order valence-electron chi connectivity index (χ2n) is 4.99. The quantitative estimate of drug-likeness (QED) is 0.847. The first kappa shape index (κ1) is 15.4. The van der Waals surface area contributed by atoms with E-state index in [0.29, 0.717) is 0 Å². The van der Waals surface area contributed by atoms with Crippen molar-refractivity contribution in [1.82, 2.24) is 5.32 Å². The smallest absolute Gasteiger partial charge is 0.142 e. The van der Waals surface area contributed by atoms with Gasteiger partial charge in [-0.2, -0.15) is 0 Å². The number of rotatable bonds is 6. The molecule has 0 aliphatic carbocycles. The maximum Gasteiger partial charge on any atom is 0.142 e. The number of nitrogens with one attached hydrogen (secondary N) is 1. The monoisotopic (exact) mass is 273 g/mol. The first-order valence-corrected chi connectivity index (χ1v) is 6.45. The molecule has 0 aliphatic rings. The van der Waals surface area contributed by atoms with E-state index in [4.69, 9.17) is 16.3 Å². The normalized spacial score (nSPS) is 13.7. The van der Waals surface area contributed by atoms with Crippen LogP contribution in [0.5, 0.6) is 0 Å². The lowest BCUT2D eigenvalue weighted by atomic mass is 9.95. The molecular formula is C14H21ClFNO. The van der Waals surface area contributed by atoms with Crippen molar-refractivity contribution in [2.75, 3.05) is 14.2 Å². The fourth-order valence-electron chi connectivity index (χ4n) is 1.84. The molecule has 0 radical (unpaired) electrons. The summed E-state index contributed by atoms with van der Waals surface area (Å²) in [5.41, 5.74) is 0.612. The Bertz CT molecular complexity index is 395. The zero-order valence-corrected chi connectivity index (χ0v) is 12.1. The highest BCUT2D eigenvalue weighted by Crippen LogP contribution is 2.30. The summed E-state index contributed by atoms with van der Waals surface area (Å²) in [5.74, 6) is -0.375. The van der Waals surface area contributed by atoms with Crippen LogP contribution in [0, 0.1) is 5.82 Å². The molecule has 102 valence electrons. The minimum absolute atomic E-state index is 0.0302. The number of methoxy groups -OCH3 is 1. The number of halogens is 2. The van der Waals surface area contributed by atoms with E-state index in [-0.39, 0.29) is 22.5 Å². The molecule has 0 heterocycles. The van der Waals surface area contributed by atoms with Gasteiger partial charge in [0, 0.05) is 13.2 Å². The lowest BCUT2D eigenvalue weighted by molar-refractivity contribution is 0.0118. The van der Waals surface area contributed by atoms with E-state index < -0.39 is 0 Å². The summed E-state index contributed by atoms with van der Waals surface area (Å²) in [6.45, 7) is 4.07. The fourth-order valence-corrected chi connectivity index (χ4v) is 2.10. The molecule has 1 unspecified atom stereocenters. The van der Waals surface area contributed by atoms with Crippen LogP contribution in [0.2, 0.25) is 5.02 Å². The SMILES string of the molecule is CNC(CCC(C)(C)OC)c1cccc(F)c1Cl. The molecule has 1 atom stereocenters. The van der Waals surface area contributed by atoms with Crippen LogP contribution in [0.4, 0.5) is 4.39 Å². The van der Waals surface area contributed by atoms with Crippen LogP contribution in [-0.2, 0) is 4.74 Å². The minimum atomic E-state index is -0.375. The van der Waals surface area contributed by atoms with Crippen LogP contribution in [-0.4, -0.2) is 19.8 Å². The van der Waals surface area contributed by atoms with E-state index in [1.54, 1.807) is 13.2 Å². The lowest BCUT2D eigenvalue weighted by Crippen LogP contribution is -2.26. The second-order valence-corrected chi connectivity index (χ2v) is 5.36. The molecule has 0 saturated carbocycles. The highest BCUT2D eigenvalue weighted by atomic mass is 35.5. The predicted octanol–water partition coefficient (Wildman–Crippen LogP) is 3.94. The van der Waals surface area contributed by atoms with Crippen LogP contribution in [0.15, 0.2) is 18.2 Å². The first-order valence-electron chi connectivity index (χ1n) is 6.07. The maximum atomic E-state index is 13.4. The fraction of sp³-hybridized carbons (Fsp3) is 0.571. The van der Waals surface area contributed by atoms with Gasteiger partial charge in [-0.1, -0.05) is 23.7 Å². The molecule has 1 N–H and O–H groups in total. The third kappa shape index (κ3) is 3.94. The Balaban J connectivity index is 2.81. The molecule has 0 spiro atoms. The molecule has 0 fully saturated rings. The van der Waals surface area contributed by atoms with Gasteiger partial charge in [-0.15, -0.1) is 0 Å². The van der Waals surface area contributed by atoms with Crippen molar-refractivity contribution >= 4 is 11.6 Å². The summed E-state index contributed by atoms with van der Waals surface area (Å²) in [6.07, 6.45) is 1.70. The van der Waals surface area contributed by atoms with Gasteiger partial charge in [-0.25, -0.2) is 4.39 Å². The van der Waals surface area contributed by atoms with Crippen molar-refractivity contribution in [3.63, 3.8) is 0 Å². The Morgan fingerprint density at radius 2 is 2.11 bits per heavy atom. The average molecular weight is 274 g/mol. The molecule has 4 heteroatoms. The highest BCUT2D eigenvalue weighted by molar-refractivity contribution is 6.31. The van der Waals surface area contributed by atoms with Gasteiger partial charge < -0.3 is 10.1 Å². The first-order chi connectivity index (χ1) is 8.41. The number of ether oxygens (including phenoxy) is 1. The minimum Gasteiger partial charge on any atom is -0.379 e. The van der Waals surface area contributed by atoms with E-state index in [1.165, 1.54) is 6.07 Å². The van der Waals surface area contributed by atoms with E-state index in [2.05, 4.69) is 5.32 Å². The molecule has 0 aliphatic heterocycles. The maximum absolute atomic E-state index is 13.4. The molecular weight excluding hydrogens is 253 g/mol. The van der Waals surface area contributed by atoms with Crippen LogP contribution in [0.25, 0.3) is 0 Å². The van der Waals surface area contributed by atoms with E-state index >= 15 is 0 Å². The van der Waals surface area contributed by atoms with E-state index in [9.17, 15) is 4.39 Å². The van der Waals surface area contributed by atoms with Crippen LogP contribution >= 0.6 is 11.6 Å². The molecule has 0 aromatic heterocycles. The summed E-state index contributed by atoms with van der Waals surface area (Å²) in [4.78, 5) is 0. The predicted molar refractivity (Wildman–Crippen MR) is 73.5 cm³/mol. The molecule has 1 aromatic carbocycles. The Hall–Kier alpha value is -0.640. The second kappa shape index (κ2) is 6.50. The molecule has 0 bridgehead atoms. The zero-order chi connectivity index (χ0) is 13.8. The summed E-state index contributed by atoms with van der Waals surface area (Å²) >= 11 is 6.00. The highest BCUT2D eigenvalue weighted by Gasteiger charge is 2.21. The van der Waals surface area contributed by atoms with Crippen LogP contribution in [0.3, 0.4) is 0 Å². The topological polar surface area (TPSA) is 21.3 Å². The van der Waals surface area contributed by atoms with Gasteiger partial charge in [0.1, 0.15) is 5.82 Å². The number of hydrogen-bond donors (Lipinski definition) is 1.